The van der Waals surface area contributed by atoms with Crippen LogP contribution in [0.5, 0.6) is 0 Å². The van der Waals surface area contributed by atoms with Gasteiger partial charge in [-0.15, -0.1) is 0 Å². The Balaban J connectivity index is 0.000000235. The molecular formula is C19H23ClN2O4. The first-order chi connectivity index (χ1) is 12.0. The van der Waals surface area contributed by atoms with E-state index in [1.807, 2.05) is 0 Å². The van der Waals surface area contributed by atoms with Gasteiger partial charge in [-0.05, 0) is 36.6 Å². The molecule has 3 heterocycles. The first kappa shape index (κ1) is 20.0. The maximum atomic E-state index is 9.55. The predicted molar refractivity (Wildman–Crippen MR) is 102 cm³/mol. The second kappa shape index (κ2) is 8.38. The van der Waals surface area contributed by atoms with Crippen molar-refractivity contribution in [3.05, 3.63) is 46.1 Å². The topological polar surface area (TPSA) is 91.6 Å². The zero-order valence-electron chi connectivity index (χ0n) is 13.6. The Morgan fingerprint density at radius 3 is 2.38 bits per heavy atom. The zero-order valence-corrected chi connectivity index (χ0v) is 14.3. The number of carboxylic acids is 2. The van der Waals surface area contributed by atoms with Gasteiger partial charge >= 0.3 is 11.9 Å². The van der Waals surface area contributed by atoms with E-state index in [1.54, 1.807) is 0 Å². The molecule has 7 heteroatoms. The molecule has 0 spiro atoms. The first-order valence-electron chi connectivity index (χ1n) is 8.15. The zero-order chi connectivity index (χ0) is 18.0. The monoisotopic (exact) mass is 378 g/mol. The van der Waals surface area contributed by atoms with Crippen LogP contribution in [0.25, 0.3) is 10.9 Å². The van der Waals surface area contributed by atoms with Gasteiger partial charge in [0.25, 0.3) is 0 Å². The fourth-order valence-electron chi connectivity index (χ4n) is 3.57. The molecule has 0 radical (unpaired) electrons. The Morgan fingerprint density at radius 1 is 1.08 bits per heavy atom. The molecule has 0 amide bonds. The number of hydrogen-bond donors (Lipinski definition) is 3. The van der Waals surface area contributed by atoms with Crippen molar-refractivity contribution in [2.75, 3.05) is 13.1 Å². The number of fused-ring (bicyclic) bond motifs is 3. The van der Waals surface area contributed by atoms with E-state index in [-0.39, 0.29) is 7.43 Å². The fourth-order valence-corrected chi connectivity index (χ4v) is 3.84. The lowest BCUT2D eigenvalue weighted by atomic mass is 10.0. The third-order valence-corrected chi connectivity index (χ3v) is 4.84. The fraction of sp³-hybridized carbons (Fsp3) is 0.368. The molecule has 3 N–H and O–H groups in total. The van der Waals surface area contributed by atoms with E-state index in [0.717, 1.165) is 37.5 Å². The van der Waals surface area contributed by atoms with Crippen molar-refractivity contribution in [3.63, 3.8) is 0 Å². The highest BCUT2D eigenvalue weighted by molar-refractivity contribution is 6.36. The smallest absolute Gasteiger partial charge is 0.328 e. The first-order valence-corrected chi connectivity index (χ1v) is 8.52. The molecule has 1 aromatic heterocycles. The Morgan fingerprint density at radius 2 is 1.73 bits per heavy atom. The van der Waals surface area contributed by atoms with Gasteiger partial charge in [0.2, 0.25) is 0 Å². The van der Waals surface area contributed by atoms with Crippen molar-refractivity contribution in [2.24, 2.45) is 0 Å². The van der Waals surface area contributed by atoms with Crippen LogP contribution in [0.4, 0.5) is 0 Å². The summed E-state index contributed by atoms with van der Waals surface area (Å²) in [6, 6.07) is 4.28. The summed E-state index contributed by atoms with van der Waals surface area (Å²) in [4.78, 5) is 19.1. The molecule has 4 rings (SSSR count). The van der Waals surface area contributed by atoms with Gasteiger partial charge in [0.1, 0.15) is 0 Å². The molecule has 0 saturated heterocycles. The molecule has 6 nitrogen and oxygen atoms in total. The van der Waals surface area contributed by atoms with Crippen LogP contribution in [0.15, 0.2) is 24.3 Å². The van der Waals surface area contributed by atoms with Crippen LogP contribution in [-0.2, 0) is 35.4 Å². The lowest BCUT2D eigenvalue weighted by molar-refractivity contribution is -0.134. The van der Waals surface area contributed by atoms with E-state index in [0.29, 0.717) is 12.2 Å². The Kier molecular flexibility index (Phi) is 6.45. The second-order valence-corrected chi connectivity index (χ2v) is 6.42. The molecule has 0 bridgehead atoms. The molecule has 0 unspecified atom stereocenters. The van der Waals surface area contributed by atoms with Gasteiger partial charge in [0.15, 0.2) is 0 Å². The molecule has 2 aromatic rings. The van der Waals surface area contributed by atoms with E-state index < -0.39 is 11.9 Å². The van der Waals surface area contributed by atoms with E-state index in [2.05, 4.69) is 22.0 Å². The summed E-state index contributed by atoms with van der Waals surface area (Å²) >= 11 is 6.43. The number of aryl methyl sites for hydroxylation is 2. The van der Waals surface area contributed by atoms with Gasteiger partial charge in [-0.3, -0.25) is 0 Å². The van der Waals surface area contributed by atoms with E-state index in [1.165, 1.54) is 34.1 Å². The van der Waals surface area contributed by atoms with E-state index >= 15 is 0 Å². The van der Waals surface area contributed by atoms with Crippen molar-refractivity contribution >= 4 is 34.4 Å². The average Bonchev–Trinajstić information content (AvgIpc) is 3.02. The summed E-state index contributed by atoms with van der Waals surface area (Å²) in [7, 11) is 0. The SMILES string of the molecule is C.Clc1ccc2c3c1c1c(n3CC2)CCNCC1.O=C(O)/C=C\C(=O)O. The highest BCUT2D eigenvalue weighted by atomic mass is 35.5. The molecule has 2 aliphatic rings. The lowest BCUT2D eigenvalue weighted by Crippen LogP contribution is -2.17. The van der Waals surface area contributed by atoms with Gasteiger partial charge in [0, 0.05) is 42.7 Å². The van der Waals surface area contributed by atoms with Crippen LogP contribution in [0.1, 0.15) is 24.2 Å². The van der Waals surface area contributed by atoms with E-state index in [9.17, 15) is 9.59 Å². The average molecular weight is 379 g/mol. The summed E-state index contributed by atoms with van der Waals surface area (Å²) in [5.74, 6) is -2.51. The molecular weight excluding hydrogens is 356 g/mol. The summed E-state index contributed by atoms with van der Waals surface area (Å²) in [5.41, 5.74) is 5.92. The molecule has 0 aliphatic carbocycles. The molecule has 0 atom stereocenters. The minimum atomic E-state index is -1.26. The Hall–Kier alpha value is -2.31. The molecule has 0 fully saturated rings. The van der Waals surface area contributed by atoms with Gasteiger partial charge in [-0.1, -0.05) is 25.1 Å². The molecule has 26 heavy (non-hydrogen) atoms. The van der Waals surface area contributed by atoms with Crippen LogP contribution in [0.3, 0.4) is 0 Å². The number of aromatic nitrogens is 1. The van der Waals surface area contributed by atoms with Crippen molar-refractivity contribution in [3.8, 4) is 0 Å². The number of aliphatic carboxylic acids is 2. The second-order valence-electron chi connectivity index (χ2n) is 6.02. The Bertz CT molecular complexity index is 854. The predicted octanol–water partition coefficient (Wildman–Crippen LogP) is 2.89. The Labute approximate surface area is 157 Å². The number of carbonyl (C=O) groups is 2. The minimum Gasteiger partial charge on any atom is -0.478 e. The van der Waals surface area contributed by atoms with Crippen molar-refractivity contribution in [1.82, 2.24) is 9.88 Å². The number of rotatable bonds is 2. The van der Waals surface area contributed by atoms with Gasteiger partial charge < -0.3 is 20.1 Å². The number of carboxylic acid groups (broad SMARTS) is 2. The van der Waals surface area contributed by atoms with Crippen molar-refractivity contribution in [2.45, 2.75) is 33.2 Å². The van der Waals surface area contributed by atoms with Crippen molar-refractivity contribution in [1.29, 1.82) is 0 Å². The maximum Gasteiger partial charge on any atom is 0.328 e. The quantitative estimate of drug-likeness (QED) is 0.699. The highest BCUT2D eigenvalue weighted by Gasteiger charge is 2.25. The molecule has 2 aliphatic heterocycles. The van der Waals surface area contributed by atoms with Gasteiger partial charge in [-0.25, -0.2) is 9.59 Å². The summed E-state index contributed by atoms with van der Waals surface area (Å²) in [6.07, 6.45) is 4.54. The molecule has 1 aromatic carbocycles. The summed E-state index contributed by atoms with van der Waals surface area (Å²) in [6.45, 7) is 3.31. The van der Waals surface area contributed by atoms with E-state index in [4.69, 9.17) is 21.8 Å². The normalized spacial score (nSPS) is 15.0. The molecule has 140 valence electrons. The minimum absolute atomic E-state index is 0. The maximum absolute atomic E-state index is 9.55. The van der Waals surface area contributed by atoms with Crippen LogP contribution < -0.4 is 5.32 Å². The molecule has 0 saturated carbocycles. The number of halogens is 1. The summed E-state index contributed by atoms with van der Waals surface area (Å²) < 4.78 is 2.51. The van der Waals surface area contributed by atoms with Gasteiger partial charge in [-0.2, -0.15) is 0 Å². The van der Waals surface area contributed by atoms with Crippen molar-refractivity contribution < 1.29 is 19.8 Å². The lowest BCUT2D eigenvalue weighted by Gasteiger charge is -2.05. The standard InChI is InChI=1S/C14H15ClN2.C4H4O4.CH4/c15-11-2-1-9-5-8-17-12-4-7-16-6-3-10(12)13(11)14(9)17;5-3(6)1-2-4(7)8;/h1-2,16H,3-8H2;1-2H,(H,5,6)(H,7,8);1H4/b;2-1-;. The van der Waals surface area contributed by atoms with Gasteiger partial charge in [0.05, 0.1) is 10.5 Å². The largest absolute Gasteiger partial charge is 0.478 e. The number of nitrogens with one attached hydrogen (secondary N) is 1. The van der Waals surface area contributed by atoms with Crippen LogP contribution in [0.2, 0.25) is 5.02 Å². The van der Waals surface area contributed by atoms with Crippen LogP contribution in [-0.4, -0.2) is 39.8 Å². The third-order valence-electron chi connectivity index (χ3n) is 4.52. The highest BCUT2D eigenvalue weighted by Crippen LogP contribution is 2.38. The van der Waals surface area contributed by atoms with Crippen LogP contribution in [0, 0.1) is 0 Å². The summed E-state index contributed by atoms with van der Waals surface area (Å²) in [5, 5.41) is 21.4. The number of benzene rings is 1. The third kappa shape index (κ3) is 3.92. The number of nitrogens with zero attached hydrogens (tertiary/aromatic N) is 1. The van der Waals surface area contributed by atoms with Crippen LogP contribution >= 0.6 is 11.6 Å². The number of hydrogen-bond acceptors (Lipinski definition) is 3.